The first-order valence-electron chi connectivity index (χ1n) is 8.29. The molecule has 0 spiro atoms. The summed E-state index contributed by atoms with van der Waals surface area (Å²) < 4.78 is 5.85. The molecule has 6 rings (SSSR count). The third kappa shape index (κ3) is 2.15. The highest BCUT2D eigenvalue weighted by Gasteiger charge is 2.27. The van der Waals surface area contributed by atoms with Gasteiger partial charge in [0.15, 0.2) is 5.58 Å². The Hall–Kier alpha value is -2.55. The third-order valence-electron chi connectivity index (χ3n) is 5.05. The summed E-state index contributed by atoms with van der Waals surface area (Å²) in [5.74, 6) is 1.43. The quantitative estimate of drug-likeness (QED) is 0.695. The van der Waals surface area contributed by atoms with Crippen LogP contribution in [0, 0.1) is 5.92 Å². The van der Waals surface area contributed by atoms with E-state index < -0.39 is 0 Å². The molecule has 2 bridgehead atoms. The number of nitrogens with zero attached hydrogens (tertiary/aromatic N) is 2. The molecule has 1 fully saturated rings. The molecule has 3 aliphatic rings. The predicted molar refractivity (Wildman–Crippen MR) is 91.7 cm³/mol. The zero-order valence-electron chi connectivity index (χ0n) is 12.9. The van der Waals surface area contributed by atoms with E-state index in [-0.39, 0.29) is 0 Å². The Labute approximate surface area is 135 Å². The molecule has 0 amide bonds. The summed E-state index contributed by atoms with van der Waals surface area (Å²) in [5, 5.41) is 0. The van der Waals surface area contributed by atoms with Crippen LogP contribution in [-0.2, 0) is 0 Å². The molecule has 3 aliphatic heterocycles. The summed E-state index contributed by atoms with van der Waals surface area (Å²) in [6, 6.07) is 16.6. The Kier molecular flexibility index (Phi) is 2.80. The van der Waals surface area contributed by atoms with Gasteiger partial charge in [0.05, 0.1) is 0 Å². The van der Waals surface area contributed by atoms with E-state index >= 15 is 0 Å². The molecule has 0 aliphatic carbocycles. The molecule has 0 saturated carbocycles. The van der Waals surface area contributed by atoms with Crippen LogP contribution in [0.2, 0.25) is 0 Å². The number of benzene rings is 2. The van der Waals surface area contributed by atoms with E-state index in [4.69, 9.17) is 4.42 Å². The van der Waals surface area contributed by atoms with Crippen LogP contribution < -0.4 is 0 Å². The van der Waals surface area contributed by atoms with Gasteiger partial charge in [-0.1, -0.05) is 24.3 Å². The van der Waals surface area contributed by atoms with E-state index in [1.165, 1.54) is 37.1 Å². The normalized spacial score (nSPS) is 17.7. The van der Waals surface area contributed by atoms with Gasteiger partial charge in [0, 0.05) is 24.9 Å². The number of oxazole rings is 1. The van der Waals surface area contributed by atoms with Crippen LogP contribution in [-0.4, -0.2) is 23.0 Å². The summed E-state index contributed by atoms with van der Waals surface area (Å²) in [6.07, 6.45) is 4.93. The van der Waals surface area contributed by atoms with Crippen molar-refractivity contribution in [3.05, 3.63) is 60.3 Å². The van der Waals surface area contributed by atoms with Crippen molar-refractivity contribution in [1.29, 1.82) is 0 Å². The lowest BCUT2D eigenvalue weighted by molar-refractivity contribution is 0.252. The van der Waals surface area contributed by atoms with Crippen molar-refractivity contribution < 1.29 is 4.42 Å². The number of allylic oxidation sites excluding steroid dienone is 1. The Balaban J connectivity index is 1.50. The molecule has 0 atom stereocenters. The average molecular weight is 302 g/mol. The summed E-state index contributed by atoms with van der Waals surface area (Å²) in [6.45, 7) is 2.43. The second kappa shape index (κ2) is 4.98. The van der Waals surface area contributed by atoms with Crippen molar-refractivity contribution in [2.24, 2.45) is 5.92 Å². The van der Waals surface area contributed by atoms with E-state index in [1.54, 1.807) is 0 Å². The van der Waals surface area contributed by atoms with Crippen LogP contribution >= 0.6 is 0 Å². The maximum absolute atomic E-state index is 5.85. The number of hydrogen-bond donors (Lipinski definition) is 0. The number of fused-ring (bicyclic) bond motifs is 3. The highest BCUT2D eigenvalue weighted by molar-refractivity contribution is 5.77. The van der Waals surface area contributed by atoms with Crippen molar-refractivity contribution in [3.63, 3.8) is 0 Å². The minimum atomic E-state index is 0.695. The molecule has 2 aromatic carbocycles. The summed E-state index contributed by atoms with van der Waals surface area (Å²) >= 11 is 0. The van der Waals surface area contributed by atoms with Crippen LogP contribution in [0.1, 0.15) is 18.4 Å². The van der Waals surface area contributed by atoms with E-state index in [1.807, 2.05) is 24.3 Å². The lowest BCUT2D eigenvalue weighted by Gasteiger charge is -2.39. The van der Waals surface area contributed by atoms with Crippen molar-refractivity contribution in [1.82, 2.24) is 9.88 Å². The molecule has 0 radical (unpaired) electrons. The Morgan fingerprint density at radius 3 is 2.35 bits per heavy atom. The molecule has 3 heteroatoms. The Morgan fingerprint density at radius 2 is 1.65 bits per heavy atom. The van der Waals surface area contributed by atoms with Gasteiger partial charge in [-0.25, -0.2) is 4.98 Å². The van der Waals surface area contributed by atoms with Crippen molar-refractivity contribution >= 4 is 16.7 Å². The molecule has 0 N–H and O–H groups in total. The van der Waals surface area contributed by atoms with Crippen molar-refractivity contribution in [3.8, 4) is 11.5 Å². The molecular weight excluding hydrogens is 284 g/mol. The molecule has 1 saturated heterocycles. The summed E-state index contributed by atoms with van der Waals surface area (Å²) in [4.78, 5) is 7.02. The van der Waals surface area contributed by atoms with E-state index in [0.29, 0.717) is 5.89 Å². The SMILES string of the molecule is C1=C(c2ccc(-c3nc4ccccc4o3)cc2)C2CCN1CC2. The molecule has 3 nitrogen and oxygen atoms in total. The lowest BCUT2D eigenvalue weighted by Crippen LogP contribution is -2.35. The largest absolute Gasteiger partial charge is 0.436 e. The fourth-order valence-electron chi connectivity index (χ4n) is 3.75. The van der Waals surface area contributed by atoms with Gasteiger partial charge in [-0.15, -0.1) is 0 Å². The molecular formula is C20H18N2O. The highest BCUT2D eigenvalue weighted by Crippen LogP contribution is 2.37. The zero-order chi connectivity index (χ0) is 15.2. The molecule has 4 heterocycles. The third-order valence-corrected chi connectivity index (χ3v) is 5.05. The maximum atomic E-state index is 5.85. The zero-order valence-corrected chi connectivity index (χ0v) is 12.9. The number of hydrogen-bond acceptors (Lipinski definition) is 3. The van der Waals surface area contributed by atoms with Gasteiger partial charge in [-0.2, -0.15) is 0 Å². The number of aromatic nitrogens is 1. The Morgan fingerprint density at radius 1 is 0.913 bits per heavy atom. The monoisotopic (exact) mass is 302 g/mol. The Bertz CT molecular complexity index is 850. The van der Waals surface area contributed by atoms with Crippen LogP contribution in [0.3, 0.4) is 0 Å². The first kappa shape index (κ1) is 12.9. The van der Waals surface area contributed by atoms with Crippen LogP contribution in [0.25, 0.3) is 28.1 Å². The fourth-order valence-corrected chi connectivity index (χ4v) is 3.75. The van der Waals surface area contributed by atoms with Gasteiger partial charge in [0.1, 0.15) is 5.52 Å². The van der Waals surface area contributed by atoms with Crippen LogP contribution in [0.15, 0.2) is 59.1 Å². The first-order valence-corrected chi connectivity index (χ1v) is 8.29. The molecule has 1 aromatic heterocycles. The smallest absolute Gasteiger partial charge is 0.227 e. The first-order chi connectivity index (χ1) is 11.4. The number of para-hydroxylation sites is 2. The minimum absolute atomic E-state index is 0.695. The van der Waals surface area contributed by atoms with Gasteiger partial charge in [-0.3, -0.25) is 0 Å². The van der Waals surface area contributed by atoms with Crippen molar-refractivity contribution in [2.45, 2.75) is 12.8 Å². The van der Waals surface area contributed by atoms with Gasteiger partial charge >= 0.3 is 0 Å². The van der Waals surface area contributed by atoms with E-state index in [2.05, 4.69) is 40.3 Å². The van der Waals surface area contributed by atoms with Gasteiger partial charge in [-0.05, 0) is 54.2 Å². The van der Waals surface area contributed by atoms with Crippen LogP contribution in [0.4, 0.5) is 0 Å². The molecule has 0 unspecified atom stereocenters. The topological polar surface area (TPSA) is 29.3 Å². The molecule has 114 valence electrons. The van der Waals surface area contributed by atoms with Gasteiger partial charge in [0.25, 0.3) is 0 Å². The molecule has 3 aromatic rings. The fraction of sp³-hybridized carbons (Fsp3) is 0.250. The summed E-state index contributed by atoms with van der Waals surface area (Å²) in [5.41, 5.74) is 5.61. The number of piperidine rings is 1. The van der Waals surface area contributed by atoms with Gasteiger partial charge in [0.2, 0.25) is 5.89 Å². The second-order valence-electron chi connectivity index (χ2n) is 6.46. The minimum Gasteiger partial charge on any atom is -0.436 e. The molecule has 23 heavy (non-hydrogen) atoms. The highest BCUT2D eigenvalue weighted by atomic mass is 16.3. The van der Waals surface area contributed by atoms with Gasteiger partial charge < -0.3 is 9.32 Å². The average Bonchev–Trinajstić information content (AvgIpc) is 3.07. The number of rotatable bonds is 2. The van der Waals surface area contributed by atoms with E-state index in [9.17, 15) is 0 Å². The standard InChI is InChI=1S/C20H18N2O/c1-2-4-19-18(3-1)21-20(23-19)16-7-5-14(6-8-16)17-13-22-11-9-15(17)10-12-22/h1-8,13,15H,9-12H2. The lowest BCUT2D eigenvalue weighted by atomic mass is 9.82. The maximum Gasteiger partial charge on any atom is 0.227 e. The van der Waals surface area contributed by atoms with Crippen LogP contribution in [0.5, 0.6) is 0 Å². The van der Waals surface area contributed by atoms with E-state index in [0.717, 1.165) is 22.6 Å². The summed E-state index contributed by atoms with van der Waals surface area (Å²) in [7, 11) is 0. The predicted octanol–water partition coefficient (Wildman–Crippen LogP) is 4.56. The second-order valence-corrected chi connectivity index (χ2v) is 6.46. The van der Waals surface area contributed by atoms with Crippen molar-refractivity contribution in [2.75, 3.05) is 13.1 Å².